The average Bonchev–Trinajstić information content (AvgIpc) is 3.12. The van der Waals surface area contributed by atoms with Gasteiger partial charge in [0.15, 0.2) is 0 Å². The summed E-state index contributed by atoms with van der Waals surface area (Å²) in [6.45, 7) is 0.844. The van der Waals surface area contributed by atoms with Gasteiger partial charge in [-0.2, -0.15) is 0 Å². The van der Waals surface area contributed by atoms with E-state index in [0.29, 0.717) is 15.9 Å². The highest BCUT2D eigenvalue weighted by Crippen LogP contribution is 2.40. The van der Waals surface area contributed by atoms with Crippen LogP contribution in [0.2, 0.25) is 0 Å². The molecule has 0 atom stereocenters. The van der Waals surface area contributed by atoms with Crippen LogP contribution in [0.4, 0.5) is 5.69 Å². The van der Waals surface area contributed by atoms with Gasteiger partial charge in [-0.25, -0.2) is 0 Å². The number of nitrogens with one attached hydrogen (secondary N) is 1. The maximum atomic E-state index is 12.3. The van der Waals surface area contributed by atoms with Crippen molar-refractivity contribution in [3.8, 4) is 11.1 Å². The molecular formula is C20H17N3O2S. The lowest BCUT2D eigenvalue weighted by molar-refractivity contribution is 0.402. The minimum absolute atomic E-state index is 0.110. The van der Waals surface area contributed by atoms with Crippen LogP contribution in [0.25, 0.3) is 32.1 Å². The zero-order valence-electron chi connectivity index (χ0n) is 14.4. The van der Waals surface area contributed by atoms with Crippen LogP contribution in [-0.2, 0) is 6.54 Å². The van der Waals surface area contributed by atoms with Gasteiger partial charge in [-0.05, 0) is 54.0 Å². The molecule has 0 aliphatic heterocycles. The van der Waals surface area contributed by atoms with E-state index in [1.807, 2.05) is 37.7 Å². The van der Waals surface area contributed by atoms with Crippen LogP contribution in [0.3, 0.4) is 0 Å². The van der Waals surface area contributed by atoms with Crippen LogP contribution in [0.5, 0.6) is 0 Å². The molecule has 0 fully saturated rings. The second-order valence-corrected chi connectivity index (χ2v) is 7.44. The Morgan fingerprint density at radius 3 is 2.54 bits per heavy atom. The van der Waals surface area contributed by atoms with E-state index in [1.165, 1.54) is 16.9 Å². The van der Waals surface area contributed by atoms with E-state index >= 15 is 0 Å². The molecule has 1 N–H and O–H groups in total. The third-order valence-electron chi connectivity index (χ3n) is 4.41. The van der Waals surface area contributed by atoms with Crippen molar-refractivity contribution in [1.29, 1.82) is 0 Å². The summed E-state index contributed by atoms with van der Waals surface area (Å²) >= 11 is 1.40. The van der Waals surface area contributed by atoms with Crippen molar-refractivity contribution in [3.63, 3.8) is 0 Å². The van der Waals surface area contributed by atoms with E-state index in [0.717, 1.165) is 28.4 Å². The lowest BCUT2D eigenvalue weighted by atomic mass is 9.96. The minimum Gasteiger partial charge on any atom is -0.321 e. The molecule has 4 aromatic rings. The molecule has 2 aromatic heterocycles. The third-order valence-corrected chi connectivity index (χ3v) is 5.33. The smallest absolute Gasteiger partial charge is 0.266 e. The molecule has 0 unspecified atom stereocenters. The summed E-state index contributed by atoms with van der Waals surface area (Å²) in [5.74, 6) is 0. The summed E-state index contributed by atoms with van der Waals surface area (Å²) in [5.41, 5.74) is 3.83. The maximum absolute atomic E-state index is 12.3. The van der Waals surface area contributed by atoms with Gasteiger partial charge in [0, 0.05) is 28.4 Å². The van der Waals surface area contributed by atoms with Crippen molar-refractivity contribution in [2.75, 3.05) is 14.1 Å². The molecule has 0 amide bonds. The van der Waals surface area contributed by atoms with Crippen molar-refractivity contribution < 1.29 is 0 Å². The van der Waals surface area contributed by atoms with Crippen LogP contribution in [0.1, 0.15) is 5.56 Å². The fourth-order valence-electron chi connectivity index (χ4n) is 3.35. The van der Waals surface area contributed by atoms with Gasteiger partial charge >= 0.3 is 0 Å². The number of pyridine rings is 1. The van der Waals surface area contributed by atoms with Gasteiger partial charge in [-0.15, -0.1) is 16.2 Å². The van der Waals surface area contributed by atoms with Gasteiger partial charge in [0.2, 0.25) is 0 Å². The van der Waals surface area contributed by atoms with Crippen LogP contribution in [-0.4, -0.2) is 24.0 Å². The summed E-state index contributed by atoms with van der Waals surface area (Å²) in [5, 5.41) is 6.84. The first kappa shape index (κ1) is 16.6. The number of aromatic amines is 1. The molecule has 0 spiro atoms. The van der Waals surface area contributed by atoms with E-state index in [-0.39, 0.29) is 5.56 Å². The monoisotopic (exact) mass is 363 g/mol. The van der Waals surface area contributed by atoms with Gasteiger partial charge in [0.1, 0.15) is 10.4 Å². The predicted molar refractivity (Wildman–Crippen MR) is 108 cm³/mol. The number of aromatic nitrogens is 1. The highest BCUT2D eigenvalue weighted by atomic mass is 32.1. The van der Waals surface area contributed by atoms with E-state index in [9.17, 15) is 9.70 Å². The van der Waals surface area contributed by atoms with Gasteiger partial charge in [-0.3, -0.25) is 4.79 Å². The van der Waals surface area contributed by atoms with Crippen LogP contribution < -0.4 is 5.56 Å². The number of hydrogen-bond acceptors (Lipinski definition) is 5. The number of thiophene rings is 1. The maximum Gasteiger partial charge on any atom is 0.266 e. The molecule has 0 radical (unpaired) electrons. The molecule has 0 aliphatic rings. The zero-order valence-corrected chi connectivity index (χ0v) is 15.3. The Bertz CT molecular complexity index is 1170. The second kappa shape index (κ2) is 6.48. The highest BCUT2D eigenvalue weighted by Gasteiger charge is 2.16. The zero-order chi connectivity index (χ0) is 18.3. The molecule has 0 aliphatic carbocycles. The second-order valence-electron chi connectivity index (χ2n) is 6.53. The molecule has 0 saturated carbocycles. The first-order valence-corrected chi connectivity index (χ1v) is 9.10. The third kappa shape index (κ3) is 2.73. The van der Waals surface area contributed by atoms with Gasteiger partial charge in [0.05, 0.1) is 0 Å². The van der Waals surface area contributed by atoms with Crippen molar-refractivity contribution in [1.82, 2.24) is 9.88 Å². The Morgan fingerprint density at radius 2 is 1.85 bits per heavy atom. The molecular weight excluding hydrogens is 346 g/mol. The highest BCUT2D eigenvalue weighted by molar-refractivity contribution is 7.17. The first-order valence-electron chi connectivity index (χ1n) is 8.22. The van der Waals surface area contributed by atoms with Crippen LogP contribution in [0, 0.1) is 4.91 Å². The number of benzene rings is 2. The fourth-order valence-corrected chi connectivity index (χ4v) is 4.14. The van der Waals surface area contributed by atoms with E-state index < -0.39 is 0 Å². The molecule has 130 valence electrons. The fraction of sp³-hybridized carbons (Fsp3) is 0.150. The minimum atomic E-state index is -0.110. The molecule has 4 rings (SSSR count). The average molecular weight is 363 g/mol. The topological polar surface area (TPSA) is 65.5 Å². The first-order chi connectivity index (χ1) is 12.6. The summed E-state index contributed by atoms with van der Waals surface area (Å²) in [4.78, 5) is 28.8. The molecule has 2 heterocycles. The predicted octanol–water partition coefficient (Wildman–Crippen LogP) is 4.87. The Balaban J connectivity index is 2.03. The molecule has 0 saturated heterocycles. The van der Waals surface area contributed by atoms with E-state index in [2.05, 4.69) is 27.2 Å². The molecule has 6 heteroatoms. The summed E-state index contributed by atoms with van der Waals surface area (Å²) in [6, 6.07) is 13.5. The van der Waals surface area contributed by atoms with Crippen LogP contribution in [0.15, 0.2) is 57.8 Å². The summed E-state index contributed by atoms with van der Waals surface area (Å²) < 4.78 is 0.658. The summed E-state index contributed by atoms with van der Waals surface area (Å²) in [6.07, 6.45) is 0. The Hall–Kier alpha value is -2.83. The largest absolute Gasteiger partial charge is 0.321 e. The van der Waals surface area contributed by atoms with E-state index in [4.69, 9.17) is 0 Å². The number of H-pyrrole nitrogens is 1. The summed E-state index contributed by atoms with van der Waals surface area (Å²) in [7, 11) is 4.05. The standard InChI is InChI=1S/C20H17N3O2S/c1-23(2)11-12-3-5-13(6-4-12)17-16(22-25)8-7-15-18(17)14-9-10-26-19(14)20(24)21-15/h3-10H,11H2,1-2H3,(H,21,24). The normalized spacial score (nSPS) is 11.5. The SMILES string of the molecule is CN(C)Cc1ccc(-c2c(N=O)ccc3[nH]c(=O)c4sccc4c23)cc1. The van der Waals surface area contributed by atoms with Crippen molar-refractivity contribution in [2.45, 2.75) is 6.54 Å². The lowest BCUT2D eigenvalue weighted by Crippen LogP contribution is -2.10. The number of nitrogens with zero attached hydrogens (tertiary/aromatic N) is 2. The lowest BCUT2D eigenvalue weighted by Gasteiger charge is -2.13. The number of fused-ring (bicyclic) bond motifs is 3. The Labute approximate surface area is 153 Å². The van der Waals surface area contributed by atoms with Gasteiger partial charge in [-0.1, -0.05) is 24.3 Å². The number of rotatable bonds is 4. The molecule has 0 bridgehead atoms. The van der Waals surface area contributed by atoms with Gasteiger partial charge in [0.25, 0.3) is 5.56 Å². The van der Waals surface area contributed by atoms with Gasteiger partial charge < -0.3 is 9.88 Å². The number of nitroso groups, excluding NO2 is 1. The van der Waals surface area contributed by atoms with Crippen molar-refractivity contribution >= 4 is 38.0 Å². The Kier molecular flexibility index (Phi) is 4.14. The van der Waals surface area contributed by atoms with Crippen LogP contribution >= 0.6 is 11.3 Å². The number of hydrogen-bond donors (Lipinski definition) is 1. The van der Waals surface area contributed by atoms with E-state index in [1.54, 1.807) is 12.1 Å². The molecule has 5 nitrogen and oxygen atoms in total. The Morgan fingerprint density at radius 1 is 1.08 bits per heavy atom. The van der Waals surface area contributed by atoms with Crippen molar-refractivity contribution in [3.05, 3.63) is 68.7 Å². The molecule has 2 aromatic carbocycles. The van der Waals surface area contributed by atoms with Crippen molar-refractivity contribution in [2.24, 2.45) is 5.18 Å². The molecule has 26 heavy (non-hydrogen) atoms. The quantitative estimate of drug-likeness (QED) is 0.526.